The summed E-state index contributed by atoms with van der Waals surface area (Å²) in [6, 6.07) is 12.9. The second-order valence-electron chi connectivity index (χ2n) is 5.12. The predicted molar refractivity (Wildman–Crippen MR) is 86.2 cm³/mol. The summed E-state index contributed by atoms with van der Waals surface area (Å²) in [7, 11) is 1.39. The molecule has 24 heavy (non-hydrogen) atoms. The van der Waals surface area contributed by atoms with Crippen LogP contribution in [-0.2, 0) is 9.53 Å². The molecule has 1 N–H and O–H groups in total. The maximum atomic E-state index is 13.8. The smallest absolute Gasteiger partial charge is 0.341 e. The monoisotopic (exact) mass is 331 g/mol. The van der Waals surface area contributed by atoms with Crippen LogP contribution in [0.4, 0.5) is 4.39 Å². The fourth-order valence-electron chi connectivity index (χ4n) is 2.11. The van der Waals surface area contributed by atoms with Crippen molar-refractivity contribution in [1.29, 1.82) is 0 Å². The van der Waals surface area contributed by atoms with E-state index in [1.807, 2.05) is 37.3 Å². The van der Waals surface area contributed by atoms with E-state index >= 15 is 0 Å². The molecule has 0 fully saturated rings. The maximum absolute atomic E-state index is 13.8. The molecule has 0 bridgehead atoms. The zero-order valence-electron chi connectivity index (χ0n) is 13.4. The summed E-state index contributed by atoms with van der Waals surface area (Å²) in [5.41, 5.74) is 0.679. The van der Waals surface area contributed by atoms with E-state index < -0.39 is 24.3 Å². The van der Waals surface area contributed by atoms with E-state index in [9.17, 15) is 14.0 Å². The number of halogens is 1. The SMILES string of the molecule is COc1ccc(C(=O)OCC(=O)NC(C)c2ccccc2)c(F)c1. The first-order valence-electron chi connectivity index (χ1n) is 7.36. The van der Waals surface area contributed by atoms with Crippen molar-refractivity contribution in [3.8, 4) is 5.75 Å². The number of rotatable bonds is 6. The molecule has 0 aromatic heterocycles. The Hall–Kier alpha value is -2.89. The van der Waals surface area contributed by atoms with Crippen LogP contribution in [0, 0.1) is 5.82 Å². The van der Waals surface area contributed by atoms with Crippen LogP contribution < -0.4 is 10.1 Å². The maximum Gasteiger partial charge on any atom is 0.341 e. The number of ether oxygens (including phenoxy) is 2. The third-order valence-electron chi connectivity index (χ3n) is 3.41. The lowest BCUT2D eigenvalue weighted by Crippen LogP contribution is -2.31. The van der Waals surface area contributed by atoms with Crippen molar-refractivity contribution in [2.75, 3.05) is 13.7 Å². The van der Waals surface area contributed by atoms with E-state index in [2.05, 4.69) is 5.32 Å². The quantitative estimate of drug-likeness (QED) is 0.827. The molecule has 2 aromatic rings. The summed E-state index contributed by atoms with van der Waals surface area (Å²) in [5, 5.41) is 2.71. The van der Waals surface area contributed by atoms with Crippen molar-refractivity contribution in [1.82, 2.24) is 5.32 Å². The van der Waals surface area contributed by atoms with Gasteiger partial charge in [0.15, 0.2) is 6.61 Å². The minimum Gasteiger partial charge on any atom is -0.497 e. The lowest BCUT2D eigenvalue weighted by atomic mass is 10.1. The topological polar surface area (TPSA) is 64.6 Å². The van der Waals surface area contributed by atoms with E-state index in [1.165, 1.54) is 19.2 Å². The Morgan fingerprint density at radius 3 is 2.50 bits per heavy atom. The lowest BCUT2D eigenvalue weighted by molar-refractivity contribution is -0.124. The molecule has 5 nitrogen and oxygen atoms in total. The summed E-state index contributed by atoms with van der Waals surface area (Å²) in [5.74, 6) is -1.85. The second kappa shape index (κ2) is 8.10. The molecule has 0 aliphatic carbocycles. The minimum absolute atomic E-state index is 0.227. The molecule has 0 heterocycles. The van der Waals surface area contributed by atoms with Crippen LogP contribution in [0.1, 0.15) is 28.9 Å². The van der Waals surface area contributed by atoms with Crippen molar-refractivity contribution < 1.29 is 23.5 Å². The molecule has 2 aromatic carbocycles. The molecule has 0 aliphatic heterocycles. The molecule has 6 heteroatoms. The minimum atomic E-state index is -0.905. The number of benzene rings is 2. The van der Waals surface area contributed by atoms with Gasteiger partial charge in [0.2, 0.25) is 0 Å². The summed E-state index contributed by atoms with van der Waals surface area (Å²) >= 11 is 0. The van der Waals surface area contributed by atoms with Gasteiger partial charge in [0.1, 0.15) is 11.6 Å². The van der Waals surface area contributed by atoms with Crippen LogP contribution in [-0.4, -0.2) is 25.6 Å². The van der Waals surface area contributed by atoms with Gasteiger partial charge in [-0.15, -0.1) is 0 Å². The molecule has 1 amide bonds. The Morgan fingerprint density at radius 1 is 1.17 bits per heavy atom. The van der Waals surface area contributed by atoms with Crippen molar-refractivity contribution in [3.05, 3.63) is 65.5 Å². The summed E-state index contributed by atoms with van der Waals surface area (Å²) < 4.78 is 23.5. The largest absolute Gasteiger partial charge is 0.497 e. The third kappa shape index (κ3) is 4.55. The number of hydrogen-bond acceptors (Lipinski definition) is 4. The van der Waals surface area contributed by atoms with Crippen molar-refractivity contribution in [2.45, 2.75) is 13.0 Å². The molecule has 0 saturated carbocycles. The lowest BCUT2D eigenvalue weighted by Gasteiger charge is -2.14. The van der Waals surface area contributed by atoms with Crippen molar-refractivity contribution in [2.24, 2.45) is 0 Å². The highest BCUT2D eigenvalue weighted by molar-refractivity contribution is 5.91. The molecule has 1 atom stereocenters. The van der Waals surface area contributed by atoms with Crippen LogP contribution >= 0.6 is 0 Å². The Bertz CT molecular complexity index is 718. The molecule has 0 radical (unpaired) electrons. The second-order valence-corrected chi connectivity index (χ2v) is 5.12. The number of carbonyl (C=O) groups excluding carboxylic acids is 2. The molecule has 0 spiro atoms. The Kier molecular flexibility index (Phi) is 5.89. The van der Waals surface area contributed by atoms with Crippen molar-refractivity contribution >= 4 is 11.9 Å². The highest BCUT2D eigenvalue weighted by Crippen LogP contribution is 2.17. The average molecular weight is 331 g/mol. The molecule has 0 saturated heterocycles. The van der Waals surface area contributed by atoms with Gasteiger partial charge < -0.3 is 14.8 Å². The van der Waals surface area contributed by atoms with Crippen LogP contribution in [0.5, 0.6) is 5.75 Å². The van der Waals surface area contributed by atoms with Gasteiger partial charge in [0.05, 0.1) is 18.7 Å². The van der Waals surface area contributed by atoms with E-state index in [0.29, 0.717) is 5.75 Å². The first-order chi connectivity index (χ1) is 11.5. The number of hydrogen-bond donors (Lipinski definition) is 1. The van der Waals surface area contributed by atoms with Crippen LogP contribution in [0.15, 0.2) is 48.5 Å². The van der Waals surface area contributed by atoms with Gasteiger partial charge in [-0.1, -0.05) is 30.3 Å². The number of carbonyl (C=O) groups is 2. The number of methoxy groups -OCH3 is 1. The Labute approximate surface area is 139 Å². The normalized spacial score (nSPS) is 11.5. The molecule has 1 unspecified atom stereocenters. The van der Waals surface area contributed by atoms with Gasteiger partial charge in [-0.05, 0) is 24.6 Å². The molecule has 0 aliphatic rings. The van der Waals surface area contributed by atoms with Gasteiger partial charge >= 0.3 is 5.97 Å². The molecule has 2 rings (SSSR count). The number of esters is 1. The average Bonchev–Trinajstić information content (AvgIpc) is 2.60. The van der Waals surface area contributed by atoms with Gasteiger partial charge in [-0.2, -0.15) is 0 Å². The first kappa shape index (κ1) is 17.5. The molecular weight excluding hydrogens is 313 g/mol. The first-order valence-corrected chi connectivity index (χ1v) is 7.36. The standard InChI is InChI=1S/C18H18FNO4/c1-12(13-6-4-3-5-7-13)20-17(21)11-24-18(22)15-9-8-14(23-2)10-16(15)19/h3-10,12H,11H2,1-2H3,(H,20,21). The number of amides is 1. The Morgan fingerprint density at radius 2 is 1.88 bits per heavy atom. The molecule has 126 valence electrons. The zero-order chi connectivity index (χ0) is 17.5. The van der Waals surface area contributed by atoms with E-state index in [4.69, 9.17) is 9.47 Å². The summed E-state index contributed by atoms with van der Waals surface area (Å²) in [4.78, 5) is 23.7. The fraction of sp³-hybridized carbons (Fsp3) is 0.222. The highest BCUT2D eigenvalue weighted by atomic mass is 19.1. The van der Waals surface area contributed by atoms with E-state index in [-0.39, 0.29) is 11.6 Å². The summed E-state index contributed by atoms with van der Waals surface area (Å²) in [6.07, 6.45) is 0. The predicted octanol–water partition coefficient (Wildman–Crippen LogP) is 2.87. The summed E-state index contributed by atoms with van der Waals surface area (Å²) in [6.45, 7) is 1.33. The van der Waals surface area contributed by atoms with Crippen LogP contribution in [0.25, 0.3) is 0 Å². The molecular formula is C18H18FNO4. The van der Waals surface area contributed by atoms with Crippen LogP contribution in [0.2, 0.25) is 0 Å². The highest BCUT2D eigenvalue weighted by Gasteiger charge is 2.16. The van der Waals surface area contributed by atoms with Gasteiger partial charge in [0.25, 0.3) is 5.91 Å². The Balaban J connectivity index is 1.88. The van der Waals surface area contributed by atoms with E-state index in [0.717, 1.165) is 11.6 Å². The van der Waals surface area contributed by atoms with Gasteiger partial charge in [-0.25, -0.2) is 9.18 Å². The van der Waals surface area contributed by atoms with Crippen LogP contribution in [0.3, 0.4) is 0 Å². The van der Waals surface area contributed by atoms with Gasteiger partial charge in [-0.3, -0.25) is 4.79 Å². The third-order valence-corrected chi connectivity index (χ3v) is 3.41. The number of nitrogens with one attached hydrogen (secondary N) is 1. The van der Waals surface area contributed by atoms with Crippen molar-refractivity contribution in [3.63, 3.8) is 0 Å². The van der Waals surface area contributed by atoms with Gasteiger partial charge in [0, 0.05) is 6.07 Å². The zero-order valence-corrected chi connectivity index (χ0v) is 13.4. The fourth-order valence-corrected chi connectivity index (χ4v) is 2.11. The van der Waals surface area contributed by atoms with E-state index in [1.54, 1.807) is 0 Å².